The minimum absolute atomic E-state index is 0.398. The summed E-state index contributed by atoms with van der Waals surface area (Å²) in [6, 6.07) is 3.55. The number of benzene rings is 1. The first-order valence-electron chi connectivity index (χ1n) is 5.62. The van der Waals surface area contributed by atoms with Crippen LogP contribution in [-0.2, 0) is 0 Å². The zero-order valence-corrected chi connectivity index (χ0v) is 9.81. The molecule has 1 unspecified atom stereocenters. The van der Waals surface area contributed by atoms with E-state index in [9.17, 15) is 5.11 Å². The quantitative estimate of drug-likeness (QED) is 0.814. The van der Waals surface area contributed by atoms with Crippen LogP contribution in [-0.4, -0.2) is 32.0 Å². The number of rotatable bonds is 4. The Kier molecular flexibility index (Phi) is 3.71. The van der Waals surface area contributed by atoms with Crippen molar-refractivity contribution in [2.45, 2.75) is 12.5 Å². The van der Waals surface area contributed by atoms with Gasteiger partial charge < -0.3 is 25.1 Å². The van der Waals surface area contributed by atoms with E-state index >= 15 is 0 Å². The summed E-state index contributed by atoms with van der Waals surface area (Å²) in [4.78, 5) is 0. The molecule has 1 aromatic carbocycles. The number of ether oxygens (including phenoxy) is 3. The summed E-state index contributed by atoms with van der Waals surface area (Å²) in [6.45, 7) is 1.39. The molecule has 0 fully saturated rings. The van der Waals surface area contributed by atoms with Gasteiger partial charge in [0, 0.05) is 0 Å². The molecule has 5 nitrogen and oxygen atoms in total. The Labute approximate surface area is 100 Å². The molecule has 94 valence electrons. The molecule has 1 aliphatic heterocycles. The lowest BCUT2D eigenvalue weighted by atomic mass is 10.0. The highest BCUT2D eigenvalue weighted by atomic mass is 16.6. The standard InChI is InChI=1S/C12H17NO4/c1-15-9-2-3-10-12(17-7-6-16-10)11(9)8(14)4-5-13/h2-3,8,14H,4-7,13H2,1H3. The second-order valence-corrected chi connectivity index (χ2v) is 3.80. The predicted molar refractivity (Wildman–Crippen MR) is 62.6 cm³/mol. The molecule has 0 amide bonds. The minimum atomic E-state index is -0.702. The maximum atomic E-state index is 10.1. The van der Waals surface area contributed by atoms with E-state index in [-0.39, 0.29) is 0 Å². The average molecular weight is 239 g/mol. The van der Waals surface area contributed by atoms with Gasteiger partial charge in [-0.05, 0) is 25.1 Å². The van der Waals surface area contributed by atoms with E-state index in [0.717, 1.165) is 0 Å². The Morgan fingerprint density at radius 2 is 2.18 bits per heavy atom. The van der Waals surface area contributed by atoms with Gasteiger partial charge in [-0.1, -0.05) is 0 Å². The van der Waals surface area contributed by atoms with E-state index in [1.54, 1.807) is 19.2 Å². The number of fused-ring (bicyclic) bond motifs is 1. The van der Waals surface area contributed by atoms with Gasteiger partial charge in [-0.25, -0.2) is 0 Å². The smallest absolute Gasteiger partial charge is 0.170 e. The molecule has 1 aromatic rings. The molecule has 1 atom stereocenters. The van der Waals surface area contributed by atoms with Crippen molar-refractivity contribution in [1.82, 2.24) is 0 Å². The second-order valence-electron chi connectivity index (χ2n) is 3.80. The van der Waals surface area contributed by atoms with Gasteiger partial charge in [-0.3, -0.25) is 0 Å². The number of aliphatic hydroxyl groups is 1. The van der Waals surface area contributed by atoms with Crippen LogP contribution in [0.3, 0.4) is 0 Å². The molecule has 1 aliphatic rings. The zero-order valence-electron chi connectivity index (χ0n) is 9.81. The van der Waals surface area contributed by atoms with E-state index < -0.39 is 6.10 Å². The molecule has 0 bridgehead atoms. The van der Waals surface area contributed by atoms with Crippen LogP contribution in [0.5, 0.6) is 17.2 Å². The van der Waals surface area contributed by atoms with Crippen LogP contribution in [0.1, 0.15) is 18.1 Å². The van der Waals surface area contributed by atoms with Gasteiger partial charge in [-0.15, -0.1) is 0 Å². The average Bonchev–Trinajstić information content (AvgIpc) is 2.37. The third-order valence-corrected chi connectivity index (χ3v) is 2.70. The number of hydrogen-bond acceptors (Lipinski definition) is 5. The number of hydrogen-bond donors (Lipinski definition) is 2. The number of aliphatic hydroxyl groups excluding tert-OH is 1. The molecule has 1 heterocycles. The van der Waals surface area contributed by atoms with Crippen molar-refractivity contribution in [2.24, 2.45) is 5.73 Å². The summed E-state index contributed by atoms with van der Waals surface area (Å²) in [6.07, 6.45) is -0.248. The zero-order chi connectivity index (χ0) is 12.3. The van der Waals surface area contributed by atoms with E-state index in [1.165, 1.54) is 0 Å². The van der Waals surface area contributed by atoms with Gasteiger partial charge in [0.1, 0.15) is 19.0 Å². The molecule has 0 spiro atoms. The SMILES string of the molecule is COc1ccc2c(c1C(O)CCN)OCCO2. The number of nitrogens with two attached hydrogens (primary N) is 1. The minimum Gasteiger partial charge on any atom is -0.496 e. The van der Waals surface area contributed by atoms with Crippen LogP contribution < -0.4 is 19.9 Å². The van der Waals surface area contributed by atoms with Gasteiger partial charge in [0.15, 0.2) is 11.5 Å². The van der Waals surface area contributed by atoms with Crippen molar-refractivity contribution >= 4 is 0 Å². The summed E-state index contributed by atoms with van der Waals surface area (Å²) in [7, 11) is 1.56. The molecule has 0 saturated carbocycles. The molecule has 5 heteroatoms. The molecule has 3 N–H and O–H groups in total. The maximum Gasteiger partial charge on any atom is 0.170 e. The summed E-state index contributed by atoms with van der Waals surface area (Å²) in [5, 5.41) is 10.1. The Bertz CT molecular complexity index is 394. The van der Waals surface area contributed by atoms with Crippen molar-refractivity contribution in [3.05, 3.63) is 17.7 Å². The summed E-state index contributed by atoms with van der Waals surface area (Å²) in [5.74, 6) is 1.80. The first-order valence-corrected chi connectivity index (χ1v) is 5.62. The van der Waals surface area contributed by atoms with Gasteiger partial charge in [0.25, 0.3) is 0 Å². The number of methoxy groups -OCH3 is 1. The van der Waals surface area contributed by atoms with Gasteiger partial charge in [-0.2, -0.15) is 0 Å². The van der Waals surface area contributed by atoms with Crippen molar-refractivity contribution < 1.29 is 19.3 Å². The molecule has 17 heavy (non-hydrogen) atoms. The van der Waals surface area contributed by atoms with Crippen molar-refractivity contribution in [1.29, 1.82) is 0 Å². The maximum absolute atomic E-state index is 10.1. The van der Waals surface area contributed by atoms with Crippen LogP contribution in [0.2, 0.25) is 0 Å². The fourth-order valence-corrected chi connectivity index (χ4v) is 1.92. The molecule has 0 radical (unpaired) electrons. The first kappa shape index (κ1) is 12.0. The lowest BCUT2D eigenvalue weighted by molar-refractivity contribution is 0.139. The van der Waals surface area contributed by atoms with E-state index in [2.05, 4.69) is 0 Å². The third-order valence-electron chi connectivity index (χ3n) is 2.70. The Morgan fingerprint density at radius 3 is 2.88 bits per heavy atom. The van der Waals surface area contributed by atoms with Crippen LogP contribution in [0.25, 0.3) is 0 Å². The van der Waals surface area contributed by atoms with Crippen LogP contribution in [0, 0.1) is 0 Å². The third kappa shape index (κ3) is 2.30. The van der Waals surface area contributed by atoms with E-state index in [4.69, 9.17) is 19.9 Å². The van der Waals surface area contributed by atoms with E-state index in [1.807, 2.05) is 0 Å². The highest BCUT2D eigenvalue weighted by molar-refractivity contribution is 5.55. The molecular weight excluding hydrogens is 222 g/mol. The first-order chi connectivity index (χ1) is 8.27. The normalized spacial score (nSPS) is 15.5. The monoisotopic (exact) mass is 239 g/mol. The largest absolute Gasteiger partial charge is 0.496 e. The summed E-state index contributed by atoms with van der Waals surface area (Å²) in [5.41, 5.74) is 6.08. The van der Waals surface area contributed by atoms with E-state index in [0.29, 0.717) is 49.0 Å². The molecule has 0 saturated heterocycles. The predicted octanol–water partition coefficient (Wildman–Crippen LogP) is 0.849. The molecule has 0 aliphatic carbocycles. The lowest BCUT2D eigenvalue weighted by Gasteiger charge is -2.24. The summed E-state index contributed by atoms with van der Waals surface area (Å²) < 4.78 is 16.3. The van der Waals surface area contributed by atoms with Crippen LogP contribution in [0.15, 0.2) is 12.1 Å². The highest BCUT2D eigenvalue weighted by Crippen LogP contribution is 2.43. The topological polar surface area (TPSA) is 73.9 Å². The summed E-state index contributed by atoms with van der Waals surface area (Å²) >= 11 is 0. The van der Waals surface area contributed by atoms with Gasteiger partial charge >= 0.3 is 0 Å². The Balaban J connectivity index is 2.44. The van der Waals surface area contributed by atoms with Gasteiger partial charge in [0.2, 0.25) is 0 Å². The fourth-order valence-electron chi connectivity index (χ4n) is 1.92. The van der Waals surface area contributed by atoms with Crippen molar-refractivity contribution in [3.8, 4) is 17.2 Å². The van der Waals surface area contributed by atoms with Crippen LogP contribution in [0.4, 0.5) is 0 Å². The Morgan fingerprint density at radius 1 is 1.41 bits per heavy atom. The highest BCUT2D eigenvalue weighted by Gasteiger charge is 2.24. The molecule has 2 rings (SSSR count). The second kappa shape index (κ2) is 5.25. The fraction of sp³-hybridized carbons (Fsp3) is 0.500. The Hall–Kier alpha value is -1.46. The van der Waals surface area contributed by atoms with Crippen molar-refractivity contribution in [2.75, 3.05) is 26.9 Å². The van der Waals surface area contributed by atoms with Crippen molar-refractivity contribution in [3.63, 3.8) is 0 Å². The molecular formula is C12H17NO4. The lowest BCUT2D eigenvalue weighted by Crippen LogP contribution is -2.18. The van der Waals surface area contributed by atoms with Crippen LogP contribution >= 0.6 is 0 Å². The molecule has 0 aromatic heterocycles. The van der Waals surface area contributed by atoms with Gasteiger partial charge in [0.05, 0.1) is 18.8 Å².